The smallest absolute Gasteiger partial charge is 0.411 e. The van der Waals surface area contributed by atoms with Gasteiger partial charge in [-0.15, -0.1) is 0 Å². The Kier molecular flexibility index (Phi) is 5.09. The molecule has 0 N–H and O–H groups in total. The van der Waals surface area contributed by atoms with Crippen LogP contribution in [0, 0.1) is 17.1 Å². The standard InChI is InChI=1S/C22H19FN2O3/c23-18-7-6-16(11-24)21(10-18)17-8-19-13-27-14-20(9-17)25(19)22(26)28-12-15-4-2-1-3-5-15/h1-8,10,19-20H,9,12-14H2. The molecule has 2 aliphatic heterocycles. The van der Waals surface area contributed by atoms with Crippen LogP contribution >= 0.6 is 0 Å². The Balaban J connectivity index is 1.55. The number of amides is 1. The third kappa shape index (κ3) is 3.62. The van der Waals surface area contributed by atoms with Gasteiger partial charge in [0.1, 0.15) is 12.4 Å². The quantitative estimate of drug-likeness (QED) is 0.813. The van der Waals surface area contributed by atoms with Gasteiger partial charge in [0.2, 0.25) is 0 Å². The lowest BCUT2D eigenvalue weighted by Crippen LogP contribution is -2.56. The van der Waals surface area contributed by atoms with Gasteiger partial charge in [-0.05, 0) is 41.3 Å². The highest BCUT2D eigenvalue weighted by Crippen LogP contribution is 2.34. The normalized spacial score (nSPS) is 20.9. The van der Waals surface area contributed by atoms with Crippen molar-refractivity contribution < 1.29 is 18.7 Å². The highest BCUT2D eigenvalue weighted by atomic mass is 19.1. The molecule has 1 amide bonds. The van der Waals surface area contributed by atoms with Crippen molar-refractivity contribution in [1.29, 1.82) is 5.26 Å². The summed E-state index contributed by atoms with van der Waals surface area (Å²) in [6, 6.07) is 15.2. The van der Waals surface area contributed by atoms with E-state index in [4.69, 9.17) is 9.47 Å². The number of nitriles is 1. The minimum atomic E-state index is -0.391. The van der Waals surface area contributed by atoms with Crippen LogP contribution in [0.15, 0.2) is 54.6 Å². The molecule has 4 rings (SSSR count). The molecule has 1 saturated heterocycles. The second kappa shape index (κ2) is 7.83. The maximum absolute atomic E-state index is 13.7. The number of hydrogen-bond donors (Lipinski definition) is 0. The number of morpholine rings is 1. The third-order valence-electron chi connectivity index (χ3n) is 5.06. The molecule has 0 aromatic heterocycles. The first kappa shape index (κ1) is 18.2. The molecule has 5 nitrogen and oxygen atoms in total. The SMILES string of the molecule is N#Cc1ccc(F)cc1C1=CC2COCC(C1)N2C(=O)OCc1ccccc1. The van der Waals surface area contributed by atoms with E-state index in [0.717, 1.165) is 11.1 Å². The Morgan fingerprint density at radius 1 is 1.25 bits per heavy atom. The highest BCUT2D eigenvalue weighted by molar-refractivity contribution is 5.76. The molecule has 2 heterocycles. The van der Waals surface area contributed by atoms with Crippen LogP contribution in [0.4, 0.5) is 9.18 Å². The molecule has 0 saturated carbocycles. The molecule has 142 valence electrons. The van der Waals surface area contributed by atoms with Gasteiger partial charge in [-0.25, -0.2) is 9.18 Å². The van der Waals surface area contributed by atoms with Gasteiger partial charge in [0.15, 0.2) is 0 Å². The number of hydrogen-bond acceptors (Lipinski definition) is 4. The lowest BCUT2D eigenvalue weighted by Gasteiger charge is -2.43. The van der Waals surface area contributed by atoms with E-state index in [2.05, 4.69) is 6.07 Å². The molecule has 2 aliphatic rings. The van der Waals surface area contributed by atoms with Crippen molar-refractivity contribution in [2.24, 2.45) is 0 Å². The summed E-state index contributed by atoms with van der Waals surface area (Å²) >= 11 is 0. The number of halogens is 1. The van der Waals surface area contributed by atoms with Crippen molar-refractivity contribution in [2.75, 3.05) is 13.2 Å². The van der Waals surface area contributed by atoms with Crippen molar-refractivity contribution in [3.05, 3.63) is 77.1 Å². The second-order valence-electron chi connectivity index (χ2n) is 6.90. The zero-order valence-corrected chi connectivity index (χ0v) is 15.2. The van der Waals surface area contributed by atoms with Crippen molar-refractivity contribution in [2.45, 2.75) is 25.1 Å². The maximum atomic E-state index is 13.7. The van der Waals surface area contributed by atoms with Gasteiger partial charge in [0, 0.05) is 0 Å². The van der Waals surface area contributed by atoms with E-state index in [1.807, 2.05) is 36.4 Å². The predicted octanol–water partition coefficient (Wildman–Crippen LogP) is 3.89. The second-order valence-corrected chi connectivity index (χ2v) is 6.90. The third-order valence-corrected chi connectivity index (χ3v) is 5.06. The fourth-order valence-corrected chi connectivity index (χ4v) is 3.75. The van der Waals surface area contributed by atoms with E-state index in [-0.39, 0.29) is 24.5 Å². The van der Waals surface area contributed by atoms with Crippen molar-refractivity contribution >= 4 is 11.7 Å². The number of rotatable bonds is 3. The average Bonchev–Trinajstić information content (AvgIpc) is 2.71. The number of benzene rings is 2. The van der Waals surface area contributed by atoms with Crippen molar-refractivity contribution in [3.8, 4) is 6.07 Å². The van der Waals surface area contributed by atoms with E-state index in [0.29, 0.717) is 30.8 Å². The Hall–Kier alpha value is -3.17. The van der Waals surface area contributed by atoms with Crippen LogP contribution in [-0.2, 0) is 16.1 Å². The summed E-state index contributed by atoms with van der Waals surface area (Å²) in [6.45, 7) is 0.929. The molecular formula is C22H19FN2O3. The summed E-state index contributed by atoms with van der Waals surface area (Å²) in [5.74, 6) is -0.388. The predicted molar refractivity (Wildman–Crippen MR) is 101 cm³/mol. The summed E-state index contributed by atoms with van der Waals surface area (Å²) in [4.78, 5) is 14.4. The van der Waals surface area contributed by atoms with Gasteiger partial charge in [-0.1, -0.05) is 36.4 Å². The van der Waals surface area contributed by atoms with Crippen LogP contribution in [0.5, 0.6) is 0 Å². The number of nitrogens with zero attached hydrogens (tertiary/aromatic N) is 2. The first-order valence-electron chi connectivity index (χ1n) is 9.13. The van der Waals surface area contributed by atoms with Gasteiger partial charge < -0.3 is 9.47 Å². The van der Waals surface area contributed by atoms with Crippen LogP contribution in [0.2, 0.25) is 0 Å². The van der Waals surface area contributed by atoms with Gasteiger partial charge in [-0.2, -0.15) is 5.26 Å². The first-order valence-corrected chi connectivity index (χ1v) is 9.13. The minimum absolute atomic E-state index is 0.204. The first-order chi connectivity index (χ1) is 13.7. The molecule has 2 aromatic carbocycles. The van der Waals surface area contributed by atoms with E-state index in [1.54, 1.807) is 4.90 Å². The number of carbonyl (C=O) groups excluding carboxylic acids is 1. The molecule has 1 fully saturated rings. The Bertz CT molecular complexity index is 952. The van der Waals surface area contributed by atoms with E-state index in [1.165, 1.54) is 18.2 Å². The molecule has 28 heavy (non-hydrogen) atoms. The Morgan fingerprint density at radius 2 is 2.07 bits per heavy atom. The van der Waals surface area contributed by atoms with Crippen LogP contribution in [-0.4, -0.2) is 36.3 Å². The minimum Gasteiger partial charge on any atom is -0.445 e. The zero-order chi connectivity index (χ0) is 19.5. The monoisotopic (exact) mass is 378 g/mol. The van der Waals surface area contributed by atoms with Crippen LogP contribution in [0.3, 0.4) is 0 Å². The number of fused-ring (bicyclic) bond motifs is 2. The fourth-order valence-electron chi connectivity index (χ4n) is 3.75. The Morgan fingerprint density at radius 3 is 2.82 bits per heavy atom. The van der Waals surface area contributed by atoms with Gasteiger partial charge in [-0.3, -0.25) is 4.90 Å². The molecule has 2 atom stereocenters. The molecule has 0 spiro atoms. The summed E-state index contributed by atoms with van der Waals surface area (Å²) in [6.07, 6.45) is 1.97. The molecule has 0 radical (unpaired) electrons. The van der Waals surface area contributed by atoms with Crippen molar-refractivity contribution in [3.63, 3.8) is 0 Å². The number of carbonyl (C=O) groups is 1. The lowest BCUT2D eigenvalue weighted by molar-refractivity contribution is -0.0342. The van der Waals surface area contributed by atoms with Gasteiger partial charge >= 0.3 is 6.09 Å². The Labute approximate surface area is 162 Å². The summed E-state index contributed by atoms with van der Waals surface area (Å²) in [7, 11) is 0. The van der Waals surface area contributed by atoms with E-state index in [9.17, 15) is 14.4 Å². The summed E-state index contributed by atoms with van der Waals surface area (Å²) < 4.78 is 24.9. The topological polar surface area (TPSA) is 62.6 Å². The number of ether oxygens (including phenoxy) is 2. The molecule has 2 unspecified atom stereocenters. The maximum Gasteiger partial charge on any atom is 0.411 e. The molecule has 6 heteroatoms. The summed E-state index contributed by atoms with van der Waals surface area (Å²) in [5.41, 5.74) is 2.79. The van der Waals surface area contributed by atoms with Crippen molar-refractivity contribution in [1.82, 2.24) is 4.90 Å². The lowest BCUT2D eigenvalue weighted by atomic mass is 9.88. The fraction of sp³-hybridized carbons (Fsp3) is 0.273. The molecule has 2 aromatic rings. The van der Waals surface area contributed by atoms with Crippen LogP contribution in [0.1, 0.15) is 23.1 Å². The van der Waals surface area contributed by atoms with Crippen LogP contribution < -0.4 is 0 Å². The largest absolute Gasteiger partial charge is 0.445 e. The van der Waals surface area contributed by atoms with Gasteiger partial charge in [0.25, 0.3) is 0 Å². The molecule has 0 aliphatic carbocycles. The molecular weight excluding hydrogens is 359 g/mol. The average molecular weight is 378 g/mol. The highest BCUT2D eigenvalue weighted by Gasteiger charge is 2.39. The molecule has 2 bridgehead atoms. The van der Waals surface area contributed by atoms with E-state index < -0.39 is 6.09 Å². The van der Waals surface area contributed by atoms with Gasteiger partial charge in [0.05, 0.1) is 36.9 Å². The van der Waals surface area contributed by atoms with Crippen LogP contribution in [0.25, 0.3) is 5.57 Å². The summed E-state index contributed by atoms with van der Waals surface area (Å²) in [5, 5.41) is 9.35. The zero-order valence-electron chi connectivity index (χ0n) is 15.2. The van der Waals surface area contributed by atoms with E-state index >= 15 is 0 Å².